The molecule has 0 aliphatic heterocycles. The molecule has 106 valence electrons. The number of Topliss-reactive ketones (excluding diaryl/α,β-unsaturated/α-hetero) is 1. The molecule has 0 spiro atoms. The molecule has 0 bridgehead atoms. The fraction of sp³-hybridized carbons (Fsp3) is 0.833. The molecule has 0 aromatic rings. The van der Waals surface area contributed by atoms with Crippen molar-refractivity contribution in [3.05, 3.63) is 0 Å². The minimum absolute atomic E-state index is 0.0204. The van der Waals surface area contributed by atoms with E-state index >= 15 is 0 Å². The van der Waals surface area contributed by atoms with Crippen LogP contribution in [0.25, 0.3) is 0 Å². The standard InChI is InChI=1S/C12H23NO4S/c1-9(2)12(3,4)10(14)6-7-11(15)13-8-18(5,16)17/h9H,6-8H2,1-5H3,(H,13,15). The van der Waals surface area contributed by atoms with Crippen molar-refractivity contribution < 1.29 is 18.0 Å². The number of hydrogen-bond donors (Lipinski definition) is 1. The number of carbonyl (C=O) groups is 2. The highest BCUT2D eigenvalue weighted by Crippen LogP contribution is 2.28. The van der Waals surface area contributed by atoms with Crippen LogP contribution in [0.1, 0.15) is 40.5 Å². The van der Waals surface area contributed by atoms with E-state index < -0.39 is 21.2 Å². The lowest BCUT2D eigenvalue weighted by molar-refractivity contribution is -0.131. The van der Waals surface area contributed by atoms with Crippen molar-refractivity contribution in [1.29, 1.82) is 0 Å². The van der Waals surface area contributed by atoms with Crippen LogP contribution in [0.15, 0.2) is 0 Å². The summed E-state index contributed by atoms with van der Waals surface area (Å²) in [5.41, 5.74) is -0.461. The maximum atomic E-state index is 11.9. The zero-order valence-corrected chi connectivity index (χ0v) is 12.6. The van der Waals surface area contributed by atoms with Crippen LogP contribution in [0.4, 0.5) is 0 Å². The Labute approximate surface area is 109 Å². The van der Waals surface area contributed by atoms with Crippen molar-refractivity contribution in [1.82, 2.24) is 5.32 Å². The first-order valence-corrected chi connectivity index (χ1v) is 8.00. The monoisotopic (exact) mass is 277 g/mol. The number of nitrogens with one attached hydrogen (secondary N) is 1. The van der Waals surface area contributed by atoms with Crippen LogP contribution < -0.4 is 5.32 Å². The lowest BCUT2D eigenvalue weighted by Gasteiger charge is -2.27. The van der Waals surface area contributed by atoms with Gasteiger partial charge in [-0.2, -0.15) is 0 Å². The van der Waals surface area contributed by atoms with Gasteiger partial charge in [0.1, 0.15) is 11.7 Å². The first kappa shape index (κ1) is 17.1. The van der Waals surface area contributed by atoms with Gasteiger partial charge in [-0.25, -0.2) is 8.42 Å². The second-order valence-electron chi connectivity index (χ2n) is 5.47. The predicted molar refractivity (Wildman–Crippen MR) is 70.7 cm³/mol. The molecule has 0 radical (unpaired) electrons. The van der Waals surface area contributed by atoms with Crippen LogP contribution >= 0.6 is 0 Å². The number of carbonyl (C=O) groups excluding carboxylic acids is 2. The van der Waals surface area contributed by atoms with Crippen LogP contribution in [-0.4, -0.2) is 32.2 Å². The van der Waals surface area contributed by atoms with E-state index in [0.717, 1.165) is 6.26 Å². The third-order valence-corrected chi connectivity index (χ3v) is 3.94. The second-order valence-corrected chi connectivity index (χ2v) is 7.61. The maximum absolute atomic E-state index is 11.9. The normalized spacial score (nSPS) is 12.6. The highest BCUT2D eigenvalue weighted by molar-refractivity contribution is 7.90. The van der Waals surface area contributed by atoms with E-state index in [0.29, 0.717) is 0 Å². The molecule has 0 aliphatic rings. The largest absolute Gasteiger partial charge is 0.342 e. The van der Waals surface area contributed by atoms with Gasteiger partial charge in [-0.15, -0.1) is 0 Å². The maximum Gasteiger partial charge on any atom is 0.221 e. The molecule has 5 nitrogen and oxygen atoms in total. The Balaban J connectivity index is 4.19. The average molecular weight is 277 g/mol. The van der Waals surface area contributed by atoms with E-state index in [1.165, 1.54) is 0 Å². The Morgan fingerprint density at radius 2 is 1.67 bits per heavy atom. The van der Waals surface area contributed by atoms with E-state index in [9.17, 15) is 18.0 Å². The highest BCUT2D eigenvalue weighted by Gasteiger charge is 2.30. The average Bonchev–Trinajstić information content (AvgIpc) is 2.21. The molecule has 0 saturated carbocycles. The molecule has 0 unspecified atom stereocenters. The lowest BCUT2D eigenvalue weighted by Crippen LogP contribution is -2.33. The Morgan fingerprint density at radius 1 is 1.17 bits per heavy atom. The lowest BCUT2D eigenvalue weighted by atomic mass is 9.76. The van der Waals surface area contributed by atoms with Crippen LogP contribution in [0.3, 0.4) is 0 Å². The van der Waals surface area contributed by atoms with E-state index in [1.54, 1.807) is 0 Å². The minimum atomic E-state index is -3.22. The fourth-order valence-electron chi connectivity index (χ4n) is 1.17. The summed E-state index contributed by atoms with van der Waals surface area (Å²) in [5.74, 6) is -0.572. The Bertz CT molecular complexity index is 410. The van der Waals surface area contributed by atoms with Gasteiger partial charge < -0.3 is 5.32 Å². The minimum Gasteiger partial charge on any atom is -0.342 e. The van der Waals surface area contributed by atoms with Crippen molar-refractivity contribution in [2.75, 3.05) is 12.1 Å². The fourth-order valence-corrected chi connectivity index (χ4v) is 1.59. The molecule has 0 rings (SSSR count). The van der Waals surface area contributed by atoms with Gasteiger partial charge in [0.15, 0.2) is 9.84 Å². The molecule has 6 heteroatoms. The van der Waals surface area contributed by atoms with Gasteiger partial charge in [-0.3, -0.25) is 9.59 Å². The zero-order chi connectivity index (χ0) is 14.6. The molecule has 0 heterocycles. The molecule has 0 aliphatic carbocycles. The van der Waals surface area contributed by atoms with Crippen molar-refractivity contribution >= 4 is 21.5 Å². The first-order chi connectivity index (χ1) is 7.97. The highest BCUT2D eigenvalue weighted by atomic mass is 32.2. The third kappa shape index (κ3) is 6.14. The molecule has 0 atom stereocenters. The van der Waals surface area contributed by atoms with E-state index in [2.05, 4.69) is 5.32 Å². The summed E-state index contributed by atoms with van der Waals surface area (Å²) in [4.78, 5) is 23.3. The van der Waals surface area contributed by atoms with Crippen LogP contribution in [-0.2, 0) is 19.4 Å². The van der Waals surface area contributed by atoms with Crippen LogP contribution in [0, 0.1) is 11.3 Å². The third-order valence-electron chi connectivity index (χ3n) is 3.27. The summed E-state index contributed by atoms with van der Waals surface area (Å²) in [6.07, 6.45) is 1.21. The number of amides is 1. The van der Waals surface area contributed by atoms with Gasteiger partial charge in [0, 0.05) is 24.5 Å². The Morgan fingerprint density at radius 3 is 2.06 bits per heavy atom. The van der Waals surface area contributed by atoms with Crippen molar-refractivity contribution in [2.24, 2.45) is 11.3 Å². The number of hydrogen-bond acceptors (Lipinski definition) is 4. The summed E-state index contributed by atoms with van der Waals surface area (Å²) in [5, 5.41) is 2.28. The van der Waals surface area contributed by atoms with Gasteiger partial charge in [0.25, 0.3) is 0 Å². The van der Waals surface area contributed by atoms with E-state index in [1.807, 2.05) is 27.7 Å². The molecule has 0 fully saturated rings. The summed E-state index contributed by atoms with van der Waals surface area (Å²) in [7, 11) is -3.22. The number of ketones is 1. The Kier molecular flexibility index (Phi) is 5.99. The van der Waals surface area contributed by atoms with E-state index in [-0.39, 0.29) is 30.4 Å². The SMILES string of the molecule is CC(C)C(C)(C)C(=O)CCC(=O)NCS(C)(=O)=O. The molecule has 18 heavy (non-hydrogen) atoms. The summed E-state index contributed by atoms with van der Waals surface area (Å²) in [6, 6.07) is 0. The quantitative estimate of drug-likeness (QED) is 0.756. The van der Waals surface area contributed by atoms with Crippen LogP contribution in [0.2, 0.25) is 0 Å². The van der Waals surface area contributed by atoms with Gasteiger partial charge in [0.2, 0.25) is 5.91 Å². The van der Waals surface area contributed by atoms with Gasteiger partial charge >= 0.3 is 0 Å². The summed E-state index contributed by atoms with van der Waals surface area (Å²) >= 11 is 0. The van der Waals surface area contributed by atoms with Crippen molar-refractivity contribution in [3.63, 3.8) is 0 Å². The number of rotatable bonds is 7. The first-order valence-electron chi connectivity index (χ1n) is 5.94. The van der Waals surface area contributed by atoms with Crippen molar-refractivity contribution in [2.45, 2.75) is 40.5 Å². The topological polar surface area (TPSA) is 80.3 Å². The summed E-state index contributed by atoms with van der Waals surface area (Å²) in [6.45, 7) is 7.63. The zero-order valence-electron chi connectivity index (χ0n) is 11.7. The summed E-state index contributed by atoms with van der Waals surface area (Å²) < 4.78 is 21.7. The molecule has 0 saturated heterocycles. The van der Waals surface area contributed by atoms with Crippen molar-refractivity contribution in [3.8, 4) is 0 Å². The van der Waals surface area contributed by atoms with Gasteiger partial charge in [0.05, 0.1) is 0 Å². The molecular weight excluding hydrogens is 254 g/mol. The molecule has 0 aromatic carbocycles. The van der Waals surface area contributed by atoms with Gasteiger partial charge in [-0.1, -0.05) is 27.7 Å². The molecule has 1 amide bonds. The Hall–Kier alpha value is -0.910. The smallest absolute Gasteiger partial charge is 0.221 e. The molecular formula is C12H23NO4S. The second kappa shape index (κ2) is 6.31. The molecule has 0 aromatic heterocycles. The van der Waals surface area contributed by atoms with Crippen LogP contribution in [0.5, 0.6) is 0 Å². The predicted octanol–water partition coefficient (Wildman–Crippen LogP) is 1.14. The van der Waals surface area contributed by atoms with Gasteiger partial charge in [-0.05, 0) is 5.92 Å². The van der Waals surface area contributed by atoms with E-state index in [4.69, 9.17) is 0 Å². The number of sulfone groups is 1. The molecule has 1 N–H and O–H groups in total.